The van der Waals surface area contributed by atoms with Crippen LogP contribution in [-0.2, 0) is 5.41 Å². The summed E-state index contributed by atoms with van der Waals surface area (Å²) in [5, 5.41) is 0. The van der Waals surface area contributed by atoms with E-state index < -0.39 is 0 Å². The molecule has 1 saturated carbocycles. The molecule has 0 bridgehead atoms. The molecule has 282 valence electrons. The summed E-state index contributed by atoms with van der Waals surface area (Å²) in [4.78, 5) is 4.78. The second kappa shape index (κ2) is 16.0. The fourth-order valence-corrected chi connectivity index (χ4v) is 8.89. The van der Waals surface area contributed by atoms with Crippen molar-refractivity contribution in [3.05, 3.63) is 180 Å². The van der Waals surface area contributed by atoms with Crippen molar-refractivity contribution in [1.82, 2.24) is 0 Å². The molecule has 2 heteroatoms. The first-order valence-corrected chi connectivity index (χ1v) is 20.5. The van der Waals surface area contributed by atoms with Crippen LogP contribution in [0, 0.1) is 17.8 Å². The van der Waals surface area contributed by atoms with Gasteiger partial charge in [0.1, 0.15) is 0 Å². The van der Waals surface area contributed by atoms with Crippen molar-refractivity contribution >= 4 is 34.1 Å². The van der Waals surface area contributed by atoms with Crippen LogP contribution >= 0.6 is 0 Å². The van der Waals surface area contributed by atoms with Crippen molar-refractivity contribution in [3.8, 4) is 0 Å². The van der Waals surface area contributed by atoms with E-state index in [1.165, 1.54) is 88.5 Å². The van der Waals surface area contributed by atoms with Gasteiger partial charge in [0.25, 0.3) is 0 Å². The molecule has 0 heterocycles. The predicted molar refractivity (Wildman–Crippen MR) is 237 cm³/mol. The highest BCUT2D eigenvalue weighted by atomic mass is 15.1. The molecule has 6 aromatic rings. The molecule has 1 atom stereocenters. The summed E-state index contributed by atoms with van der Waals surface area (Å²) < 4.78 is 0. The largest absolute Gasteiger partial charge is 0.311 e. The number of nitrogens with zero attached hydrogens (tertiary/aromatic N) is 2. The number of benzene rings is 6. The Labute approximate surface area is 331 Å². The molecular formula is C53H60N2. The third kappa shape index (κ3) is 8.60. The van der Waals surface area contributed by atoms with Gasteiger partial charge in [-0.1, -0.05) is 151 Å². The standard InChI is InChI=1S/C53H60N2/c1-40-21-29-46(30-22-40)54(44-17-11-8-12-18-44)48-33-25-42(26-34-48)53(37-15-10-16-38-53)43-27-35-49(36-28-43)55(45-19-13-9-14-20-45)47-31-23-41(24-32-47)50(52(5,6)7)39-51(2,3)4/h8-9,11-14,17-36,50H,10,15-16,37-39H2,1-7H3. The average Bonchev–Trinajstić information content (AvgIpc) is 3.19. The first-order chi connectivity index (χ1) is 26.4. The minimum atomic E-state index is -0.00893. The van der Waals surface area contributed by atoms with Gasteiger partial charge in [-0.2, -0.15) is 0 Å². The lowest BCUT2D eigenvalue weighted by atomic mass is 9.65. The molecule has 6 aromatic carbocycles. The van der Waals surface area contributed by atoms with Crippen LogP contribution in [0.25, 0.3) is 0 Å². The van der Waals surface area contributed by atoms with Gasteiger partial charge in [-0.15, -0.1) is 0 Å². The van der Waals surface area contributed by atoms with Crippen LogP contribution in [0.1, 0.15) is 108 Å². The number of hydrogen-bond donors (Lipinski definition) is 0. The first-order valence-electron chi connectivity index (χ1n) is 20.5. The van der Waals surface area contributed by atoms with E-state index in [1.54, 1.807) is 0 Å². The van der Waals surface area contributed by atoms with Gasteiger partial charge in [0.2, 0.25) is 0 Å². The second-order valence-corrected chi connectivity index (χ2v) is 18.2. The van der Waals surface area contributed by atoms with Crippen molar-refractivity contribution in [2.75, 3.05) is 9.80 Å². The van der Waals surface area contributed by atoms with E-state index in [0.717, 1.165) is 6.42 Å². The van der Waals surface area contributed by atoms with E-state index in [-0.39, 0.29) is 16.2 Å². The van der Waals surface area contributed by atoms with Crippen LogP contribution in [0.4, 0.5) is 34.1 Å². The Hall–Kier alpha value is -5.08. The van der Waals surface area contributed by atoms with Crippen LogP contribution in [0.3, 0.4) is 0 Å². The lowest BCUT2D eigenvalue weighted by molar-refractivity contribution is 0.229. The van der Waals surface area contributed by atoms with Gasteiger partial charge in [0, 0.05) is 39.5 Å². The van der Waals surface area contributed by atoms with Gasteiger partial charge in [-0.3, -0.25) is 0 Å². The summed E-state index contributed by atoms with van der Waals surface area (Å²) in [6.45, 7) is 16.4. The molecule has 7 rings (SSSR count). The molecule has 0 spiro atoms. The maximum absolute atomic E-state index is 2.42. The highest BCUT2D eigenvalue weighted by molar-refractivity contribution is 5.78. The minimum Gasteiger partial charge on any atom is -0.311 e. The molecule has 1 fully saturated rings. The fourth-order valence-electron chi connectivity index (χ4n) is 8.89. The van der Waals surface area contributed by atoms with Gasteiger partial charge < -0.3 is 9.80 Å². The van der Waals surface area contributed by atoms with Crippen LogP contribution in [0.5, 0.6) is 0 Å². The van der Waals surface area contributed by atoms with Crippen LogP contribution in [-0.4, -0.2) is 0 Å². The quantitative estimate of drug-likeness (QED) is 0.139. The van der Waals surface area contributed by atoms with Gasteiger partial charge in [0.05, 0.1) is 0 Å². The number of rotatable bonds is 10. The molecule has 0 aromatic heterocycles. The Morgan fingerprint density at radius 1 is 0.455 bits per heavy atom. The average molecular weight is 725 g/mol. The zero-order valence-corrected chi connectivity index (χ0v) is 34.2. The molecule has 1 unspecified atom stereocenters. The van der Waals surface area contributed by atoms with Crippen LogP contribution in [0.2, 0.25) is 0 Å². The summed E-state index contributed by atoms with van der Waals surface area (Å²) in [5.74, 6) is 0.482. The monoisotopic (exact) mass is 724 g/mol. The maximum atomic E-state index is 2.42. The molecule has 1 aliphatic carbocycles. The topological polar surface area (TPSA) is 6.48 Å². The van der Waals surface area contributed by atoms with Crippen molar-refractivity contribution in [1.29, 1.82) is 0 Å². The van der Waals surface area contributed by atoms with Gasteiger partial charge in [0.15, 0.2) is 0 Å². The smallest absolute Gasteiger partial charge is 0.0461 e. The zero-order valence-electron chi connectivity index (χ0n) is 34.2. The molecular weight excluding hydrogens is 665 g/mol. The number of aryl methyl sites for hydroxylation is 1. The maximum Gasteiger partial charge on any atom is 0.0461 e. The third-order valence-corrected chi connectivity index (χ3v) is 11.8. The SMILES string of the molecule is Cc1ccc(N(c2ccccc2)c2ccc(C3(c4ccc(N(c5ccccc5)c5ccc(C(CC(C)(C)C)C(C)(C)C)cc5)cc4)CCCCC3)cc2)cc1. The molecule has 0 amide bonds. The van der Waals surface area contributed by atoms with E-state index in [4.69, 9.17) is 0 Å². The Bertz CT molecular complexity index is 2090. The highest BCUT2D eigenvalue weighted by Gasteiger charge is 2.36. The summed E-state index contributed by atoms with van der Waals surface area (Å²) in [5.41, 5.74) is 13.0. The lowest BCUT2D eigenvalue weighted by Crippen LogP contribution is -2.30. The van der Waals surface area contributed by atoms with Crippen molar-refractivity contribution in [3.63, 3.8) is 0 Å². The van der Waals surface area contributed by atoms with Crippen LogP contribution in [0.15, 0.2) is 158 Å². The fraction of sp³-hybridized carbons (Fsp3) is 0.321. The normalized spacial score (nSPS) is 15.0. The molecule has 0 aliphatic heterocycles. The predicted octanol–water partition coefficient (Wildman–Crippen LogP) is 15.8. The summed E-state index contributed by atoms with van der Waals surface area (Å²) >= 11 is 0. The Morgan fingerprint density at radius 3 is 1.20 bits per heavy atom. The first kappa shape index (κ1) is 38.2. The van der Waals surface area contributed by atoms with Crippen LogP contribution < -0.4 is 9.80 Å². The van der Waals surface area contributed by atoms with Gasteiger partial charge in [-0.05, 0) is 132 Å². The van der Waals surface area contributed by atoms with E-state index in [0.29, 0.717) is 5.92 Å². The summed E-state index contributed by atoms with van der Waals surface area (Å²) in [6, 6.07) is 58.8. The van der Waals surface area contributed by atoms with Gasteiger partial charge >= 0.3 is 0 Å². The van der Waals surface area contributed by atoms with Crippen molar-refractivity contribution in [2.24, 2.45) is 10.8 Å². The number of anilines is 6. The minimum absolute atomic E-state index is 0.00893. The molecule has 55 heavy (non-hydrogen) atoms. The number of hydrogen-bond acceptors (Lipinski definition) is 2. The third-order valence-electron chi connectivity index (χ3n) is 11.8. The van der Waals surface area contributed by atoms with E-state index >= 15 is 0 Å². The zero-order chi connectivity index (χ0) is 38.6. The molecule has 0 radical (unpaired) electrons. The van der Waals surface area contributed by atoms with E-state index in [2.05, 4.69) is 216 Å². The Morgan fingerprint density at radius 2 is 0.818 bits per heavy atom. The lowest BCUT2D eigenvalue weighted by Gasteiger charge is -2.39. The summed E-state index contributed by atoms with van der Waals surface area (Å²) in [7, 11) is 0. The molecule has 1 aliphatic rings. The van der Waals surface area contributed by atoms with Crippen molar-refractivity contribution < 1.29 is 0 Å². The summed E-state index contributed by atoms with van der Waals surface area (Å²) in [6.07, 6.45) is 7.28. The van der Waals surface area contributed by atoms with Gasteiger partial charge in [-0.25, -0.2) is 0 Å². The highest BCUT2D eigenvalue weighted by Crippen LogP contribution is 2.48. The Balaban J connectivity index is 1.22. The Kier molecular flexibility index (Phi) is 11.1. The van der Waals surface area contributed by atoms with Crippen molar-refractivity contribution in [2.45, 2.75) is 98.3 Å². The molecule has 0 saturated heterocycles. The molecule has 2 nitrogen and oxygen atoms in total. The van der Waals surface area contributed by atoms with E-state index in [9.17, 15) is 0 Å². The molecule has 0 N–H and O–H groups in total. The number of para-hydroxylation sites is 2. The van der Waals surface area contributed by atoms with E-state index in [1.807, 2.05) is 0 Å². The second-order valence-electron chi connectivity index (χ2n) is 18.2.